The standard InChI is InChI=1S/C12H15IN2OS/c13-11-3-9(7-17-11)12(16)15-2-1-8-4-14-5-10(8)6-15/h3,7-8,10,14H,1-2,4-6H2. The molecule has 2 aliphatic rings. The average molecular weight is 362 g/mol. The van der Waals surface area contributed by atoms with Gasteiger partial charge in [0, 0.05) is 18.5 Å². The molecule has 17 heavy (non-hydrogen) atoms. The zero-order valence-corrected chi connectivity index (χ0v) is 12.5. The Hall–Kier alpha value is -0.140. The molecule has 0 saturated carbocycles. The average Bonchev–Trinajstić information content (AvgIpc) is 2.95. The van der Waals surface area contributed by atoms with Gasteiger partial charge in [0.15, 0.2) is 0 Å². The number of thiophene rings is 1. The first kappa shape index (κ1) is 11.9. The summed E-state index contributed by atoms with van der Waals surface area (Å²) >= 11 is 3.91. The monoisotopic (exact) mass is 362 g/mol. The van der Waals surface area contributed by atoms with E-state index in [4.69, 9.17) is 0 Å². The molecule has 2 aliphatic heterocycles. The van der Waals surface area contributed by atoms with Crippen LogP contribution in [0.2, 0.25) is 0 Å². The van der Waals surface area contributed by atoms with Gasteiger partial charge in [0.2, 0.25) is 0 Å². The van der Waals surface area contributed by atoms with Crippen LogP contribution in [-0.4, -0.2) is 37.0 Å². The third-order valence-electron chi connectivity index (χ3n) is 3.81. The lowest BCUT2D eigenvalue weighted by molar-refractivity contribution is 0.0643. The SMILES string of the molecule is O=C(c1csc(I)c1)N1CCC2CNCC2C1. The lowest BCUT2D eigenvalue weighted by Crippen LogP contribution is -2.43. The predicted octanol–water partition coefficient (Wildman–Crippen LogP) is 2.03. The number of likely N-dealkylation sites (tertiary alicyclic amines) is 1. The first-order chi connectivity index (χ1) is 8.24. The molecule has 0 aromatic carbocycles. The van der Waals surface area contributed by atoms with Crippen molar-refractivity contribution in [2.24, 2.45) is 11.8 Å². The van der Waals surface area contributed by atoms with Crippen LogP contribution in [0.1, 0.15) is 16.8 Å². The number of fused-ring (bicyclic) bond motifs is 1. The summed E-state index contributed by atoms with van der Waals surface area (Å²) in [5, 5.41) is 5.41. The zero-order chi connectivity index (χ0) is 11.8. The number of amides is 1. The van der Waals surface area contributed by atoms with E-state index in [-0.39, 0.29) is 5.91 Å². The molecule has 2 unspecified atom stereocenters. The second-order valence-electron chi connectivity index (χ2n) is 4.86. The number of halogens is 1. The molecular formula is C12H15IN2OS. The van der Waals surface area contributed by atoms with Crippen LogP contribution in [0.15, 0.2) is 11.4 Å². The summed E-state index contributed by atoms with van der Waals surface area (Å²) in [5.41, 5.74) is 0.865. The summed E-state index contributed by atoms with van der Waals surface area (Å²) in [6, 6.07) is 1.99. The quantitative estimate of drug-likeness (QED) is 0.776. The van der Waals surface area contributed by atoms with E-state index in [1.165, 1.54) is 2.88 Å². The van der Waals surface area contributed by atoms with Crippen LogP contribution >= 0.6 is 33.9 Å². The van der Waals surface area contributed by atoms with Gasteiger partial charge in [-0.15, -0.1) is 11.3 Å². The van der Waals surface area contributed by atoms with Crippen LogP contribution in [0.4, 0.5) is 0 Å². The number of nitrogens with one attached hydrogen (secondary N) is 1. The Kier molecular flexibility index (Phi) is 3.40. The van der Waals surface area contributed by atoms with Gasteiger partial charge in [-0.3, -0.25) is 4.79 Å². The van der Waals surface area contributed by atoms with Crippen LogP contribution in [0.25, 0.3) is 0 Å². The summed E-state index contributed by atoms with van der Waals surface area (Å²) < 4.78 is 1.18. The van der Waals surface area contributed by atoms with Crippen molar-refractivity contribution < 1.29 is 4.79 Å². The fraction of sp³-hybridized carbons (Fsp3) is 0.583. The maximum Gasteiger partial charge on any atom is 0.254 e. The number of piperidine rings is 1. The largest absolute Gasteiger partial charge is 0.338 e. The van der Waals surface area contributed by atoms with Gasteiger partial charge in [-0.25, -0.2) is 0 Å². The summed E-state index contributed by atoms with van der Waals surface area (Å²) in [6.07, 6.45) is 1.16. The van der Waals surface area contributed by atoms with Gasteiger partial charge in [-0.2, -0.15) is 0 Å². The summed E-state index contributed by atoms with van der Waals surface area (Å²) in [6.45, 7) is 4.08. The second kappa shape index (κ2) is 4.85. The molecule has 1 aromatic rings. The normalized spacial score (nSPS) is 28.2. The maximum absolute atomic E-state index is 12.3. The Morgan fingerprint density at radius 2 is 2.29 bits per heavy atom. The van der Waals surface area contributed by atoms with E-state index in [1.54, 1.807) is 11.3 Å². The van der Waals surface area contributed by atoms with Crippen molar-refractivity contribution in [1.82, 2.24) is 10.2 Å². The molecule has 2 fully saturated rings. The molecule has 2 saturated heterocycles. The summed E-state index contributed by atoms with van der Waals surface area (Å²) in [7, 11) is 0. The Morgan fingerprint density at radius 1 is 1.47 bits per heavy atom. The number of rotatable bonds is 1. The molecule has 5 heteroatoms. The smallest absolute Gasteiger partial charge is 0.254 e. The van der Waals surface area contributed by atoms with Crippen molar-refractivity contribution >= 4 is 39.8 Å². The van der Waals surface area contributed by atoms with Crippen molar-refractivity contribution in [2.75, 3.05) is 26.2 Å². The number of nitrogens with zero attached hydrogens (tertiary/aromatic N) is 1. The van der Waals surface area contributed by atoms with Crippen molar-refractivity contribution in [2.45, 2.75) is 6.42 Å². The molecule has 3 rings (SSSR count). The van der Waals surface area contributed by atoms with E-state index >= 15 is 0 Å². The molecule has 3 heterocycles. The molecule has 3 nitrogen and oxygen atoms in total. The summed E-state index contributed by atoms with van der Waals surface area (Å²) in [5.74, 6) is 1.68. The van der Waals surface area contributed by atoms with Crippen molar-refractivity contribution in [3.63, 3.8) is 0 Å². The molecule has 92 valence electrons. The lowest BCUT2D eigenvalue weighted by Gasteiger charge is -2.34. The van der Waals surface area contributed by atoms with Gasteiger partial charge < -0.3 is 10.2 Å². The Morgan fingerprint density at radius 3 is 3.06 bits per heavy atom. The van der Waals surface area contributed by atoms with E-state index in [0.29, 0.717) is 5.92 Å². The van der Waals surface area contributed by atoms with Crippen LogP contribution < -0.4 is 5.32 Å². The number of hydrogen-bond acceptors (Lipinski definition) is 3. The van der Waals surface area contributed by atoms with E-state index in [1.807, 2.05) is 16.3 Å². The minimum atomic E-state index is 0.217. The van der Waals surface area contributed by atoms with Gasteiger partial charge >= 0.3 is 0 Å². The van der Waals surface area contributed by atoms with E-state index in [2.05, 4.69) is 27.9 Å². The molecule has 1 aromatic heterocycles. The third kappa shape index (κ3) is 2.37. The fourth-order valence-electron chi connectivity index (χ4n) is 2.82. The van der Waals surface area contributed by atoms with Gasteiger partial charge in [0.05, 0.1) is 8.45 Å². The lowest BCUT2D eigenvalue weighted by atomic mass is 9.88. The first-order valence-electron chi connectivity index (χ1n) is 5.98. The molecular weight excluding hydrogens is 347 g/mol. The second-order valence-corrected chi connectivity index (χ2v) is 7.66. The van der Waals surface area contributed by atoms with E-state index < -0.39 is 0 Å². The van der Waals surface area contributed by atoms with Gasteiger partial charge in [-0.05, 0) is 60.0 Å². The highest BCUT2D eigenvalue weighted by molar-refractivity contribution is 14.1. The Balaban J connectivity index is 1.70. The molecule has 0 spiro atoms. The molecule has 0 radical (unpaired) electrons. The van der Waals surface area contributed by atoms with Gasteiger partial charge in [-0.1, -0.05) is 0 Å². The van der Waals surface area contributed by atoms with Gasteiger partial charge in [0.25, 0.3) is 5.91 Å². The molecule has 1 amide bonds. The van der Waals surface area contributed by atoms with E-state index in [9.17, 15) is 4.79 Å². The molecule has 0 bridgehead atoms. The highest BCUT2D eigenvalue weighted by Gasteiger charge is 2.34. The minimum absolute atomic E-state index is 0.217. The van der Waals surface area contributed by atoms with Crippen molar-refractivity contribution in [1.29, 1.82) is 0 Å². The van der Waals surface area contributed by atoms with Crippen molar-refractivity contribution in [3.05, 3.63) is 19.9 Å². The number of carbonyl (C=O) groups is 1. The van der Waals surface area contributed by atoms with Crippen LogP contribution in [0, 0.1) is 14.7 Å². The minimum Gasteiger partial charge on any atom is -0.338 e. The predicted molar refractivity (Wildman–Crippen MR) is 77.4 cm³/mol. The van der Waals surface area contributed by atoms with Crippen LogP contribution in [0.3, 0.4) is 0 Å². The van der Waals surface area contributed by atoms with Crippen molar-refractivity contribution in [3.8, 4) is 0 Å². The fourth-order valence-corrected chi connectivity index (χ4v) is 4.14. The van der Waals surface area contributed by atoms with Gasteiger partial charge in [0.1, 0.15) is 0 Å². The summed E-state index contributed by atoms with van der Waals surface area (Å²) in [4.78, 5) is 14.3. The topological polar surface area (TPSA) is 32.3 Å². The third-order valence-corrected chi connectivity index (χ3v) is 5.60. The Bertz CT molecular complexity index is 434. The number of hydrogen-bond donors (Lipinski definition) is 1. The maximum atomic E-state index is 12.3. The number of carbonyl (C=O) groups excluding carboxylic acids is 1. The molecule has 2 atom stereocenters. The highest BCUT2D eigenvalue weighted by atomic mass is 127. The van der Waals surface area contributed by atoms with Crippen LogP contribution in [-0.2, 0) is 0 Å². The Labute approximate surface area is 119 Å². The zero-order valence-electron chi connectivity index (χ0n) is 9.49. The van der Waals surface area contributed by atoms with Crippen LogP contribution in [0.5, 0.6) is 0 Å². The van der Waals surface area contributed by atoms with E-state index in [0.717, 1.165) is 44.1 Å². The molecule has 0 aliphatic carbocycles. The highest BCUT2D eigenvalue weighted by Crippen LogP contribution is 2.28. The first-order valence-corrected chi connectivity index (χ1v) is 7.94. The molecule has 1 N–H and O–H groups in total.